The van der Waals surface area contributed by atoms with Gasteiger partial charge in [0.15, 0.2) is 6.61 Å². The lowest BCUT2D eigenvalue weighted by Crippen LogP contribution is -2.14. The smallest absolute Gasteiger partial charge is 0.423 e. The maximum atomic E-state index is 12.3. The monoisotopic (exact) mass is 262 g/mol. The van der Waals surface area contributed by atoms with E-state index in [9.17, 15) is 22.0 Å². The van der Waals surface area contributed by atoms with Gasteiger partial charge in [0.25, 0.3) is 6.43 Å². The van der Waals surface area contributed by atoms with E-state index in [0.29, 0.717) is 6.20 Å². The number of hydrogen-bond acceptors (Lipinski definition) is 3. The zero-order valence-corrected chi connectivity index (χ0v) is 8.19. The van der Waals surface area contributed by atoms with Crippen LogP contribution in [0.4, 0.5) is 22.0 Å². The molecular weight excluding hydrogens is 259 g/mol. The minimum absolute atomic E-state index is 0.371. The molecule has 9 heteroatoms. The van der Waals surface area contributed by atoms with Crippen LogP contribution in [0.5, 0.6) is 5.88 Å². The molecule has 0 saturated carbocycles. The van der Waals surface area contributed by atoms with Crippen LogP contribution in [0.2, 0.25) is 5.28 Å². The molecule has 0 aliphatic heterocycles. The van der Waals surface area contributed by atoms with Crippen molar-refractivity contribution in [2.45, 2.75) is 12.6 Å². The summed E-state index contributed by atoms with van der Waals surface area (Å²) in [5.41, 5.74) is -1.35. The molecule has 0 unspecified atom stereocenters. The van der Waals surface area contributed by atoms with E-state index in [1.807, 2.05) is 0 Å². The topological polar surface area (TPSA) is 35.0 Å². The van der Waals surface area contributed by atoms with Crippen LogP contribution in [0.1, 0.15) is 5.56 Å². The van der Waals surface area contributed by atoms with Gasteiger partial charge in [-0.1, -0.05) is 0 Å². The number of halogens is 6. The molecule has 0 saturated heterocycles. The quantitative estimate of drug-likeness (QED) is 0.621. The second kappa shape index (κ2) is 4.77. The molecule has 1 aromatic heterocycles. The molecule has 0 radical (unpaired) electrons. The Hall–Kier alpha value is -1.18. The molecule has 0 aromatic carbocycles. The Morgan fingerprint density at radius 2 is 2.00 bits per heavy atom. The average Bonchev–Trinajstić information content (AvgIpc) is 2.12. The summed E-state index contributed by atoms with van der Waals surface area (Å²) in [4.78, 5) is 6.19. The second-order valence-corrected chi connectivity index (χ2v) is 2.90. The molecule has 0 N–H and O–H groups in total. The largest absolute Gasteiger partial charge is 0.471 e. The lowest BCUT2D eigenvalue weighted by atomic mass is 10.3. The highest BCUT2D eigenvalue weighted by Gasteiger charge is 2.36. The summed E-state index contributed by atoms with van der Waals surface area (Å²) in [5.74, 6) is -1.01. The van der Waals surface area contributed by atoms with Crippen molar-refractivity contribution in [2.75, 3.05) is 6.61 Å². The highest BCUT2D eigenvalue weighted by molar-refractivity contribution is 6.28. The van der Waals surface area contributed by atoms with Crippen LogP contribution in [0, 0.1) is 0 Å². The van der Waals surface area contributed by atoms with Gasteiger partial charge in [0, 0.05) is 6.20 Å². The van der Waals surface area contributed by atoms with Gasteiger partial charge in [-0.2, -0.15) is 18.2 Å². The maximum absolute atomic E-state index is 12.3. The van der Waals surface area contributed by atoms with Gasteiger partial charge in [-0.3, -0.25) is 0 Å². The van der Waals surface area contributed by atoms with Crippen LogP contribution >= 0.6 is 11.6 Å². The molecule has 1 rings (SSSR count). The SMILES string of the molecule is FC(F)COc1nc(Cl)ncc1C(F)(F)F. The number of rotatable bonds is 3. The van der Waals surface area contributed by atoms with E-state index in [1.165, 1.54) is 0 Å². The standard InChI is InChI=1S/C7H4ClF5N2O/c8-6-14-1-3(7(11,12)13)5(15-6)16-2-4(9)10/h1,4H,2H2. The summed E-state index contributed by atoms with van der Waals surface area (Å²) in [7, 11) is 0. The lowest BCUT2D eigenvalue weighted by Gasteiger charge is -2.11. The molecule has 0 bridgehead atoms. The Morgan fingerprint density at radius 1 is 1.38 bits per heavy atom. The second-order valence-electron chi connectivity index (χ2n) is 2.56. The third-order valence-electron chi connectivity index (χ3n) is 1.38. The van der Waals surface area contributed by atoms with Crippen LogP contribution in [0.15, 0.2) is 6.20 Å². The van der Waals surface area contributed by atoms with Gasteiger partial charge in [-0.15, -0.1) is 0 Å². The normalized spacial score (nSPS) is 11.9. The van der Waals surface area contributed by atoms with Gasteiger partial charge in [0.2, 0.25) is 11.2 Å². The van der Waals surface area contributed by atoms with E-state index in [1.54, 1.807) is 0 Å². The molecule has 1 aromatic rings. The molecule has 16 heavy (non-hydrogen) atoms. The molecule has 0 atom stereocenters. The summed E-state index contributed by atoms with van der Waals surface area (Å²) in [6.07, 6.45) is -7.33. The van der Waals surface area contributed by atoms with Gasteiger partial charge >= 0.3 is 6.18 Å². The van der Waals surface area contributed by atoms with Gasteiger partial charge < -0.3 is 4.74 Å². The molecule has 3 nitrogen and oxygen atoms in total. The zero-order valence-electron chi connectivity index (χ0n) is 7.43. The number of ether oxygens (including phenoxy) is 1. The van der Waals surface area contributed by atoms with Crippen LogP contribution in [-0.4, -0.2) is 23.0 Å². The molecule has 90 valence electrons. The fourth-order valence-electron chi connectivity index (χ4n) is 0.792. The summed E-state index contributed by atoms with van der Waals surface area (Å²) in [5, 5.41) is -0.516. The number of aromatic nitrogens is 2. The first-order chi connectivity index (χ1) is 7.30. The molecule has 0 aliphatic carbocycles. The van der Waals surface area contributed by atoms with Gasteiger partial charge in [0.1, 0.15) is 5.56 Å². The van der Waals surface area contributed by atoms with Crippen molar-refractivity contribution in [2.24, 2.45) is 0 Å². The minimum Gasteiger partial charge on any atom is -0.471 e. The van der Waals surface area contributed by atoms with E-state index in [-0.39, 0.29) is 0 Å². The third kappa shape index (κ3) is 3.44. The van der Waals surface area contributed by atoms with E-state index >= 15 is 0 Å². The molecule has 0 aliphatic rings. The molecular formula is C7H4ClF5N2O. The van der Waals surface area contributed by atoms with Crippen LogP contribution in [-0.2, 0) is 6.18 Å². The fraction of sp³-hybridized carbons (Fsp3) is 0.429. The van der Waals surface area contributed by atoms with Gasteiger partial charge in [-0.05, 0) is 11.6 Å². The molecule has 0 amide bonds. The lowest BCUT2D eigenvalue weighted by molar-refractivity contribution is -0.139. The van der Waals surface area contributed by atoms with Crippen molar-refractivity contribution in [3.63, 3.8) is 0 Å². The highest BCUT2D eigenvalue weighted by Crippen LogP contribution is 2.34. The summed E-state index contributed by atoms with van der Waals surface area (Å²) in [6, 6.07) is 0. The molecule has 0 spiro atoms. The van der Waals surface area contributed by atoms with Crippen molar-refractivity contribution in [1.29, 1.82) is 0 Å². The predicted octanol–water partition coefficient (Wildman–Crippen LogP) is 2.79. The van der Waals surface area contributed by atoms with Gasteiger partial charge in [0.05, 0.1) is 0 Å². The summed E-state index contributed by atoms with van der Waals surface area (Å²) >= 11 is 5.23. The van der Waals surface area contributed by atoms with Crippen molar-refractivity contribution in [3.8, 4) is 5.88 Å². The van der Waals surface area contributed by atoms with Gasteiger partial charge in [-0.25, -0.2) is 13.8 Å². The van der Waals surface area contributed by atoms with E-state index in [0.717, 1.165) is 0 Å². The van der Waals surface area contributed by atoms with Crippen molar-refractivity contribution < 1.29 is 26.7 Å². The van der Waals surface area contributed by atoms with E-state index < -0.39 is 35.9 Å². The van der Waals surface area contributed by atoms with Crippen molar-refractivity contribution in [3.05, 3.63) is 17.0 Å². The van der Waals surface area contributed by atoms with E-state index in [2.05, 4.69) is 14.7 Å². The highest BCUT2D eigenvalue weighted by atomic mass is 35.5. The fourth-order valence-corrected chi connectivity index (χ4v) is 0.918. The number of alkyl halides is 5. The average molecular weight is 263 g/mol. The Morgan fingerprint density at radius 3 is 2.50 bits per heavy atom. The number of hydrogen-bond donors (Lipinski definition) is 0. The van der Waals surface area contributed by atoms with Crippen molar-refractivity contribution >= 4 is 11.6 Å². The summed E-state index contributed by atoms with van der Waals surface area (Å²) in [6.45, 7) is -1.20. The van der Waals surface area contributed by atoms with Crippen molar-refractivity contribution in [1.82, 2.24) is 9.97 Å². The van der Waals surface area contributed by atoms with E-state index in [4.69, 9.17) is 11.6 Å². The Balaban J connectivity index is 2.99. The van der Waals surface area contributed by atoms with Crippen LogP contribution < -0.4 is 4.74 Å². The Labute approximate surface area is 91.2 Å². The predicted molar refractivity (Wildman–Crippen MR) is 43.5 cm³/mol. The van der Waals surface area contributed by atoms with Crippen LogP contribution in [0.25, 0.3) is 0 Å². The minimum atomic E-state index is -4.79. The maximum Gasteiger partial charge on any atom is 0.423 e. The first-order valence-electron chi connectivity index (χ1n) is 3.81. The first-order valence-corrected chi connectivity index (χ1v) is 4.19. The first kappa shape index (κ1) is 12.9. The molecule has 1 heterocycles. The summed E-state index contributed by atoms with van der Waals surface area (Å²) < 4.78 is 64.7. The third-order valence-corrected chi connectivity index (χ3v) is 1.56. The van der Waals surface area contributed by atoms with Crippen LogP contribution in [0.3, 0.4) is 0 Å². The molecule has 0 fully saturated rings. The zero-order chi connectivity index (χ0) is 12.3. The Bertz CT molecular complexity index is 370. The number of nitrogens with zero attached hydrogens (tertiary/aromatic N) is 2. The Kier molecular flexibility index (Phi) is 3.84.